The van der Waals surface area contributed by atoms with Gasteiger partial charge >= 0.3 is 5.97 Å². The fourth-order valence-corrected chi connectivity index (χ4v) is 3.30. The molecular formula is C19H27NO5. The van der Waals surface area contributed by atoms with Crippen molar-refractivity contribution >= 4 is 11.9 Å². The van der Waals surface area contributed by atoms with Crippen molar-refractivity contribution in [3.05, 3.63) is 35.9 Å². The highest BCUT2D eigenvalue weighted by Crippen LogP contribution is 2.30. The zero-order chi connectivity index (χ0) is 18.2. The van der Waals surface area contributed by atoms with E-state index in [0.717, 1.165) is 12.0 Å². The zero-order valence-corrected chi connectivity index (χ0v) is 14.6. The fourth-order valence-electron chi connectivity index (χ4n) is 3.30. The Morgan fingerprint density at radius 3 is 2.60 bits per heavy atom. The molecule has 6 heteroatoms. The Hall–Kier alpha value is -1.92. The number of likely N-dealkylation sites (N-methyl/N-ethyl adjacent to an activating group) is 1. The lowest BCUT2D eigenvalue weighted by Crippen LogP contribution is -2.41. The van der Waals surface area contributed by atoms with Crippen LogP contribution in [0.2, 0.25) is 0 Å². The third kappa shape index (κ3) is 6.14. The van der Waals surface area contributed by atoms with Gasteiger partial charge in [-0.2, -0.15) is 0 Å². The van der Waals surface area contributed by atoms with Gasteiger partial charge in [0, 0.05) is 19.5 Å². The Morgan fingerprint density at radius 2 is 1.92 bits per heavy atom. The van der Waals surface area contributed by atoms with Crippen LogP contribution in [0.1, 0.15) is 31.2 Å². The Bertz CT molecular complexity index is 562. The van der Waals surface area contributed by atoms with Crippen LogP contribution in [0.5, 0.6) is 0 Å². The van der Waals surface area contributed by atoms with Crippen LogP contribution in [-0.2, 0) is 20.9 Å². The van der Waals surface area contributed by atoms with E-state index in [1.54, 1.807) is 7.05 Å². The van der Waals surface area contributed by atoms with E-state index in [1.807, 2.05) is 30.3 Å². The van der Waals surface area contributed by atoms with E-state index in [4.69, 9.17) is 9.84 Å². The standard InChI is InChI=1S/C19H27NO5/c1-20(18(22)15-8-5-9-16(10-15)19(23)24)11-17(21)13-25-12-14-6-3-2-4-7-14/h2-4,6-7,15-17,21H,5,8-13H2,1H3,(H,23,24). The fraction of sp³-hybridized carbons (Fsp3) is 0.579. The summed E-state index contributed by atoms with van der Waals surface area (Å²) in [5, 5.41) is 19.2. The van der Waals surface area contributed by atoms with Gasteiger partial charge in [-0.3, -0.25) is 9.59 Å². The summed E-state index contributed by atoms with van der Waals surface area (Å²) < 4.78 is 5.49. The maximum Gasteiger partial charge on any atom is 0.306 e. The minimum atomic E-state index is -0.825. The van der Waals surface area contributed by atoms with Gasteiger partial charge in [-0.1, -0.05) is 36.8 Å². The summed E-state index contributed by atoms with van der Waals surface area (Å²) in [4.78, 5) is 25.1. The molecule has 3 atom stereocenters. The molecule has 2 N–H and O–H groups in total. The van der Waals surface area contributed by atoms with Gasteiger partial charge in [-0.15, -0.1) is 0 Å². The largest absolute Gasteiger partial charge is 0.481 e. The summed E-state index contributed by atoms with van der Waals surface area (Å²) in [6, 6.07) is 9.68. The molecule has 25 heavy (non-hydrogen) atoms. The lowest BCUT2D eigenvalue weighted by molar-refractivity contribution is -0.145. The third-order valence-electron chi connectivity index (χ3n) is 4.66. The molecule has 1 amide bonds. The van der Waals surface area contributed by atoms with Gasteiger partial charge < -0.3 is 19.8 Å². The first-order valence-corrected chi connectivity index (χ1v) is 8.75. The highest BCUT2D eigenvalue weighted by Gasteiger charge is 2.32. The van der Waals surface area contributed by atoms with Gasteiger partial charge in [0.2, 0.25) is 5.91 Å². The minimum absolute atomic E-state index is 0.0898. The number of amides is 1. The molecule has 0 bridgehead atoms. The summed E-state index contributed by atoms with van der Waals surface area (Å²) >= 11 is 0. The van der Waals surface area contributed by atoms with E-state index in [1.165, 1.54) is 4.90 Å². The van der Waals surface area contributed by atoms with Gasteiger partial charge in [0.15, 0.2) is 0 Å². The molecule has 1 aromatic carbocycles. The predicted molar refractivity (Wildman–Crippen MR) is 92.8 cm³/mol. The molecule has 1 aliphatic rings. The molecule has 6 nitrogen and oxygen atoms in total. The van der Waals surface area contributed by atoms with Crippen LogP contribution >= 0.6 is 0 Å². The number of aliphatic hydroxyl groups excluding tert-OH is 1. The molecule has 0 heterocycles. The van der Waals surface area contributed by atoms with E-state index in [9.17, 15) is 14.7 Å². The smallest absolute Gasteiger partial charge is 0.306 e. The van der Waals surface area contributed by atoms with Crippen LogP contribution in [-0.4, -0.2) is 53.3 Å². The molecule has 138 valence electrons. The number of carboxylic acids is 1. The minimum Gasteiger partial charge on any atom is -0.481 e. The number of hydrogen-bond donors (Lipinski definition) is 2. The highest BCUT2D eigenvalue weighted by atomic mass is 16.5. The van der Waals surface area contributed by atoms with Crippen LogP contribution in [0.3, 0.4) is 0 Å². The predicted octanol–water partition coefficient (Wildman–Crippen LogP) is 1.91. The summed E-state index contributed by atoms with van der Waals surface area (Å²) in [6.07, 6.45) is 1.73. The maximum atomic E-state index is 12.5. The summed E-state index contributed by atoms with van der Waals surface area (Å²) in [5.74, 6) is -1.62. The molecule has 1 aromatic rings. The SMILES string of the molecule is CN(CC(O)COCc1ccccc1)C(=O)C1CCCC(C(=O)O)C1. The molecule has 1 fully saturated rings. The van der Waals surface area contributed by atoms with E-state index in [0.29, 0.717) is 25.9 Å². The third-order valence-corrected chi connectivity index (χ3v) is 4.66. The average Bonchev–Trinajstić information content (AvgIpc) is 2.62. The number of aliphatic carboxylic acids is 1. The second-order valence-corrected chi connectivity index (χ2v) is 6.77. The summed E-state index contributed by atoms with van der Waals surface area (Å²) in [6.45, 7) is 0.745. The number of ether oxygens (including phenoxy) is 1. The number of nitrogens with zero attached hydrogens (tertiary/aromatic N) is 1. The van der Waals surface area contributed by atoms with E-state index < -0.39 is 18.0 Å². The van der Waals surface area contributed by atoms with Crippen molar-refractivity contribution in [3.63, 3.8) is 0 Å². The van der Waals surface area contributed by atoms with Gasteiger partial charge in [-0.25, -0.2) is 0 Å². The molecule has 2 rings (SSSR count). The van der Waals surface area contributed by atoms with Crippen LogP contribution in [0.4, 0.5) is 0 Å². The number of benzene rings is 1. The lowest BCUT2D eigenvalue weighted by Gasteiger charge is -2.30. The number of hydrogen-bond acceptors (Lipinski definition) is 4. The maximum absolute atomic E-state index is 12.5. The second-order valence-electron chi connectivity index (χ2n) is 6.77. The molecule has 0 aliphatic heterocycles. The van der Waals surface area contributed by atoms with Crippen molar-refractivity contribution in [2.24, 2.45) is 11.8 Å². The zero-order valence-electron chi connectivity index (χ0n) is 14.6. The monoisotopic (exact) mass is 349 g/mol. The van der Waals surface area contributed by atoms with Crippen LogP contribution < -0.4 is 0 Å². The van der Waals surface area contributed by atoms with Crippen molar-refractivity contribution in [2.75, 3.05) is 20.2 Å². The molecule has 3 unspecified atom stereocenters. The molecule has 0 radical (unpaired) electrons. The van der Waals surface area contributed by atoms with E-state index >= 15 is 0 Å². The molecule has 0 saturated heterocycles. The van der Waals surface area contributed by atoms with E-state index in [2.05, 4.69) is 0 Å². The number of aliphatic hydroxyl groups is 1. The quantitative estimate of drug-likeness (QED) is 0.749. The number of rotatable bonds is 8. The number of carboxylic acid groups (broad SMARTS) is 1. The number of carbonyl (C=O) groups excluding carboxylic acids is 1. The summed E-state index contributed by atoms with van der Waals surface area (Å²) in [7, 11) is 1.65. The van der Waals surface area contributed by atoms with E-state index in [-0.39, 0.29) is 25.0 Å². The molecule has 0 spiro atoms. The molecule has 1 aliphatic carbocycles. The van der Waals surface area contributed by atoms with Crippen LogP contribution in [0.15, 0.2) is 30.3 Å². The van der Waals surface area contributed by atoms with Gasteiger partial charge in [0.05, 0.1) is 25.2 Å². The normalized spacial score (nSPS) is 21.5. The highest BCUT2D eigenvalue weighted by molar-refractivity contribution is 5.80. The first-order valence-electron chi connectivity index (χ1n) is 8.75. The second kappa shape index (κ2) is 9.53. The lowest BCUT2D eigenvalue weighted by atomic mass is 9.81. The summed E-state index contributed by atoms with van der Waals surface area (Å²) in [5.41, 5.74) is 1.03. The number of carbonyl (C=O) groups is 2. The topological polar surface area (TPSA) is 87.1 Å². The Labute approximate surface area is 148 Å². The van der Waals surface area contributed by atoms with Crippen molar-refractivity contribution in [3.8, 4) is 0 Å². The average molecular weight is 349 g/mol. The van der Waals surface area contributed by atoms with Crippen LogP contribution in [0, 0.1) is 11.8 Å². The molecule has 1 saturated carbocycles. The first-order chi connectivity index (χ1) is 12.0. The molecule has 0 aromatic heterocycles. The van der Waals surface area contributed by atoms with Gasteiger partial charge in [-0.05, 0) is 24.8 Å². The molecular weight excluding hydrogens is 322 g/mol. The van der Waals surface area contributed by atoms with Crippen molar-refractivity contribution < 1.29 is 24.5 Å². The Morgan fingerprint density at radius 1 is 1.24 bits per heavy atom. The van der Waals surface area contributed by atoms with Crippen molar-refractivity contribution in [1.29, 1.82) is 0 Å². The Kier molecular flexibility index (Phi) is 7.40. The van der Waals surface area contributed by atoms with Gasteiger partial charge in [0.25, 0.3) is 0 Å². The first kappa shape index (κ1) is 19.4. The van der Waals surface area contributed by atoms with Crippen molar-refractivity contribution in [2.45, 2.75) is 38.4 Å². The Balaban J connectivity index is 1.73. The van der Waals surface area contributed by atoms with Crippen molar-refractivity contribution in [1.82, 2.24) is 4.90 Å². The van der Waals surface area contributed by atoms with Gasteiger partial charge in [0.1, 0.15) is 0 Å². The van der Waals surface area contributed by atoms with Crippen LogP contribution in [0.25, 0.3) is 0 Å².